The predicted octanol–water partition coefficient (Wildman–Crippen LogP) is 3.64. The van der Waals surface area contributed by atoms with Crippen molar-refractivity contribution in [1.82, 2.24) is 15.2 Å². The molecular formula is C20H33N3O2. The Labute approximate surface area is 152 Å². The number of nitrogens with one attached hydrogen (secondary N) is 1. The van der Waals surface area contributed by atoms with Gasteiger partial charge in [-0.05, 0) is 83.5 Å². The van der Waals surface area contributed by atoms with Crippen LogP contribution >= 0.6 is 0 Å². The van der Waals surface area contributed by atoms with Crippen LogP contribution in [-0.2, 0) is 11.2 Å². The Morgan fingerprint density at radius 3 is 2.52 bits per heavy atom. The van der Waals surface area contributed by atoms with Gasteiger partial charge >= 0.3 is 6.09 Å². The van der Waals surface area contributed by atoms with Crippen LogP contribution in [0.3, 0.4) is 0 Å². The molecule has 1 atom stereocenters. The lowest BCUT2D eigenvalue weighted by Gasteiger charge is -2.36. The highest BCUT2D eigenvalue weighted by Gasteiger charge is 2.29. The Hall–Kier alpha value is -1.62. The smallest absolute Gasteiger partial charge is 0.410 e. The minimum absolute atomic E-state index is 0.176. The van der Waals surface area contributed by atoms with E-state index < -0.39 is 5.60 Å². The minimum Gasteiger partial charge on any atom is -0.444 e. The molecule has 1 amide bonds. The van der Waals surface area contributed by atoms with Crippen molar-refractivity contribution in [1.29, 1.82) is 0 Å². The van der Waals surface area contributed by atoms with Gasteiger partial charge in [0.15, 0.2) is 0 Å². The lowest BCUT2D eigenvalue weighted by Crippen LogP contribution is -2.45. The van der Waals surface area contributed by atoms with E-state index in [9.17, 15) is 4.79 Å². The summed E-state index contributed by atoms with van der Waals surface area (Å²) in [5, 5.41) is 3.49. The van der Waals surface area contributed by atoms with Crippen LogP contribution < -0.4 is 5.32 Å². The van der Waals surface area contributed by atoms with Gasteiger partial charge in [0.1, 0.15) is 5.60 Å². The van der Waals surface area contributed by atoms with Crippen LogP contribution in [0.2, 0.25) is 0 Å². The first-order valence-electron chi connectivity index (χ1n) is 9.43. The van der Waals surface area contributed by atoms with Gasteiger partial charge in [0.05, 0.1) is 0 Å². The molecule has 0 spiro atoms. The lowest BCUT2D eigenvalue weighted by molar-refractivity contribution is 0.0168. The maximum atomic E-state index is 12.2. The third kappa shape index (κ3) is 6.65. The van der Waals surface area contributed by atoms with Crippen LogP contribution in [0, 0.1) is 5.92 Å². The summed E-state index contributed by atoms with van der Waals surface area (Å²) < 4.78 is 5.48. The molecule has 1 N–H and O–H groups in total. The van der Waals surface area contributed by atoms with Gasteiger partial charge in [-0.15, -0.1) is 0 Å². The van der Waals surface area contributed by atoms with E-state index in [0.29, 0.717) is 12.0 Å². The maximum absolute atomic E-state index is 12.2. The first kappa shape index (κ1) is 19.7. The quantitative estimate of drug-likeness (QED) is 0.853. The fourth-order valence-corrected chi connectivity index (χ4v) is 3.50. The van der Waals surface area contributed by atoms with Gasteiger partial charge in [-0.1, -0.05) is 0 Å². The number of aryl methyl sites for hydroxylation is 1. The number of aromatic nitrogens is 1. The van der Waals surface area contributed by atoms with Crippen LogP contribution in [-0.4, -0.2) is 47.8 Å². The van der Waals surface area contributed by atoms with E-state index in [4.69, 9.17) is 4.74 Å². The Morgan fingerprint density at radius 2 is 1.96 bits per heavy atom. The second-order valence-electron chi connectivity index (χ2n) is 7.95. The summed E-state index contributed by atoms with van der Waals surface area (Å²) in [4.78, 5) is 18.1. The van der Waals surface area contributed by atoms with E-state index in [1.807, 2.05) is 38.1 Å². The van der Waals surface area contributed by atoms with Crippen molar-refractivity contribution in [3.05, 3.63) is 30.1 Å². The van der Waals surface area contributed by atoms with Crippen molar-refractivity contribution < 1.29 is 9.53 Å². The molecule has 0 saturated carbocycles. The van der Waals surface area contributed by atoms with Crippen molar-refractivity contribution in [2.75, 3.05) is 20.1 Å². The van der Waals surface area contributed by atoms with Crippen LogP contribution in [0.5, 0.6) is 0 Å². The van der Waals surface area contributed by atoms with Gasteiger partial charge in [0, 0.05) is 31.5 Å². The Morgan fingerprint density at radius 1 is 1.32 bits per heavy atom. The Balaban J connectivity index is 1.74. The van der Waals surface area contributed by atoms with E-state index in [1.54, 1.807) is 0 Å². The molecule has 5 nitrogen and oxygen atoms in total. The molecule has 0 aliphatic carbocycles. The average Bonchev–Trinajstić information content (AvgIpc) is 2.58. The summed E-state index contributed by atoms with van der Waals surface area (Å²) in [5.41, 5.74) is 0.929. The zero-order valence-electron chi connectivity index (χ0n) is 16.1. The largest absolute Gasteiger partial charge is 0.444 e. The maximum Gasteiger partial charge on any atom is 0.410 e. The molecule has 2 rings (SSSR count). The molecule has 1 aliphatic heterocycles. The zero-order valence-corrected chi connectivity index (χ0v) is 16.1. The number of pyridine rings is 1. The highest BCUT2D eigenvalue weighted by atomic mass is 16.6. The Bertz CT molecular complexity index is 519. The number of carbonyl (C=O) groups excluding carboxylic acids is 1. The fraction of sp³-hybridized carbons (Fsp3) is 0.700. The molecule has 0 aromatic carbocycles. The first-order valence-corrected chi connectivity index (χ1v) is 9.43. The SMILES string of the molecule is CNC(CCCc1ccncc1)C1CCN(C(=O)OC(C)(C)C)CC1. The van der Waals surface area contributed by atoms with Crippen LogP contribution in [0.25, 0.3) is 0 Å². The monoisotopic (exact) mass is 347 g/mol. The van der Waals surface area contributed by atoms with Crippen LogP contribution in [0.15, 0.2) is 24.5 Å². The van der Waals surface area contributed by atoms with Gasteiger partial charge < -0.3 is 15.0 Å². The topological polar surface area (TPSA) is 54.5 Å². The number of hydrogen-bond donors (Lipinski definition) is 1. The first-order chi connectivity index (χ1) is 11.9. The van der Waals surface area contributed by atoms with E-state index in [1.165, 1.54) is 12.0 Å². The molecule has 140 valence electrons. The second-order valence-corrected chi connectivity index (χ2v) is 7.95. The standard InChI is InChI=1S/C20H33N3O2/c1-20(2,3)25-19(24)23-14-10-17(11-15-23)18(21-4)7-5-6-16-8-12-22-13-9-16/h8-9,12-13,17-18,21H,5-7,10-11,14-15H2,1-4H3. The van der Waals surface area contributed by atoms with Gasteiger partial charge in [-0.25, -0.2) is 4.79 Å². The number of rotatable bonds is 6. The molecule has 1 aromatic rings. The molecule has 1 fully saturated rings. The second kappa shape index (κ2) is 9.18. The molecule has 2 heterocycles. The van der Waals surface area contributed by atoms with E-state index >= 15 is 0 Å². The van der Waals surface area contributed by atoms with Gasteiger partial charge in [-0.3, -0.25) is 4.98 Å². The van der Waals surface area contributed by atoms with Crippen molar-refractivity contribution in [3.8, 4) is 0 Å². The van der Waals surface area contributed by atoms with Crippen molar-refractivity contribution in [2.45, 2.75) is 64.5 Å². The Kier molecular flexibility index (Phi) is 7.24. The van der Waals surface area contributed by atoms with Gasteiger partial charge in [0.2, 0.25) is 0 Å². The van der Waals surface area contributed by atoms with Gasteiger partial charge in [0.25, 0.3) is 0 Å². The number of nitrogens with zero attached hydrogens (tertiary/aromatic N) is 2. The molecule has 1 aromatic heterocycles. The number of carbonyl (C=O) groups is 1. The molecule has 0 bridgehead atoms. The van der Waals surface area contributed by atoms with Gasteiger partial charge in [-0.2, -0.15) is 0 Å². The van der Waals surface area contributed by atoms with Crippen molar-refractivity contribution in [2.24, 2.45) is 5.92 Å². The molecule has 0 radical (unpaired) electrons. The molecule has 25 heavy (non-hydrogen) atoms. The predicted molar refractivity (Wildman–Crippen MR) is 101 cm³/mol. The lowest BCUT2D eigenvalue weighted by atomic mass is 9.86. The molecular weight excluding hydrogens is 314 g/mol. The number of ether oxygens (including phenoxy) is 1. The summed E-state index contributed by atoms with van der Waals surface area (Å²) in [6.45, 7) is 7.33. The number of hydrogen-bond acceptors (Lipinski definition) is 4. The van der Waals surface area contributed by atoms with Crippen molar-refractivity contribution in [3.63, 3.8) is 0 Å². The fourth-order valence-electron chi connectivity index (χ4n) is 3.50. The minimum atomic E-state index is -0.422. The molecule has 5 heteroatoms. The zero-order chi connectivity index (χ0) is 18.3. The molecule has 1 saturated heterocycles. The average molecular weight is 348 g/mol. The normalized spacial score (nSPS) is 17.4. The number of amides is 1. The summed E-state index contributed by atoms with van der Waals surface area (Å²) in [6, 6.07) is 4.70. The van der Waals surface area contributed by atoms with E-state index in [0.717, 1.165) is 38.8 Å². The molecule has 1 aliphatic rings. The summed E-state index contributed by atoms with van der Waals surface area (Å²) in [5.74, 6) is 0.626. The summed E-state index contributed by atoms with van der Waals surface area (Å²) >= 11 is 0. The highest BCUT2D eigenvalue weighted by molar-refractivity contribution is 5.68. The highest BCUT2D eigenvalue weighted by Crippen LogP contribution is 2.25. The van der Waals surface area contributed by atoms with Crippen LogP contribution in [0.4, 0.5) is 4.79 Å². The number of likely N-dealkylation sites (tertiary alicyclic amines) is 1. The summed E-state index contributed by atoms with van der Waals surface area (Å²) in [6.07, 6.45) is 9.05. The van der Waals surface area contributed by atoms with E-state index in [-0.39, 0.29) is 6.09 Å². The third-order valence-corrected chi connectivity index (χ3v) is 4.86. The van der Waals surface area contributed by atoms with Crippen molar-refractivity contribution >= 4 is 6.09 Å². The third-order valence-electron chi connectivity index (χ3n) is 4.86. The number of piperidine rings is 1. The molecule has 1 unspecified atom stereocenters. The van der Waals surface area contributed by atoms with E-state index in [2.05, 4.69) is 29.5 Å². The van der Waals surface area contributed by atoms with Crippen LogP contribution in [0.1, 0.15) is 52.0 Å². The summed E-state index contributed by atoms with van der Waals surface area (Å²) in [7, 11) is 2.05.